The first kappa shape index (κ1) is 10.3. The average molecular weight is 208 g/mol. The summed E-state index contributed by atoms with van der Waals surface area (Å²) in [6.07, 6.45) is 0.100. The molecule has 0 unspecified atom stereocenters. The van der Waals surface area contributed by atoms with E-state index in [4.69, 9.17) is 0 Å². The third-order valence-corrected chi connectivity index (χ3v) is 2.62. The summed E-state index contributed by atoms with van der Waals surface area (Å²) >= 11 is 0. The Hall–Kier alpha value is -0.820. The molecule has 0 aliphatic carbocycles. The molecule has 76 valence electrons. The van der Waals surface area contributed by atoms with E-state index in [1.54, 1.807) is 6.92 Å². The fraction of sp³-hybridized carbons (Fsp3) is 0.833. The van der Waals surface area contributed by atoms with E-state index in [0.717, 1.165) is 6.42 Å². The third kappa shape index (κ3) is 2.85. The van der Waals surface area contributed by atoms with Gasteiger partial charge in [-0.15, -0.1) is 0 Å². The molecule has 1 N–H and O–H groups in total. The molecule has 1 amide bonds. The minimum atomic E-state index is -3.89. The fourth-order valence-electron chi connectivity index (χ4n) is 0.852. The summed E-state index contributed by atoms with van der Waals surface area (Å²) in [5, 5.41) is 0. The lowest BCUT2D eigenvalue weighted by molar-refractivity contribution is 0.126. The van der Waals surface area contributed by atoms with Gasteiger partial charge in [-0.2, -0.15) is 13.1 Å². The molecule has 0 bridgehead atoms. The predicted octanol–water partition coefficient (Wildman–Crippen LogP) is -0.317. The van der Waals surface area contributed by atoms with Gasteiger partial charge in [-0.25, -0.2) is 4.79 Å². The highest BCUT2D eigenvalue weighted by molar-refractivity contribution is 7.85. The van der Waals surface area contributed by atoms with Crippen molar-refractivity contribution in [1.29, 1.82) is 0 Å². The Bertz CT molecular complexity index is 283. The highest BCUT2D eigenvalue weighted by Crippen LogP contribution is 2.08. The number of carbonyl (C=O) groups is 1. The van der Waals surface area contributed by atoms with E-state index >= 15 is 0 Å². The van der Waals surface area contributed by atoms with Gasteiger partial charge in [0.25, 0.3) is 0 Å². The van der Waals surface area contributed by atoms with Gasteiger partial charge in [0.15, 0.2) is 0 Å². The molecule has 6 nitrogen and oxygen atoms in total. The van der Waals surface area contributed by atoms with Crippen molar-refractivity contribution >= 4 is 16.4 Å². The summed E-state index contributed by atoms with van der Waals surface area (Å²) < 4.78 is 28.1. The molecule has 1 heterocycles. The number of nitrogens with zero attached hydrogens (tertiary/aromatic N) is 1. The van der Waals surface area contributed by atoms with Gasteiger partial charge < -0.3 is 9.08 Å². The summed E-state index contributed by atoms with van der Waals surface area (Å²) in [7, 11) is -3.89. The Balaban J connectivity index is 2.42. The molecule has 0 saturated carbocycles. The van der Waals surface area contributed by atoms with Gasteiger partial charge in [-0.1, -0.05) is 6.92 Å². The Labute approximate surface area is 77.1 Å². The molecular formula is C6H12N2O4S. The summed E-state index contributed by atoms with van der Waals surface area (Å²) in [5.74, 6) is 0. The van der Waals surface area contributed by atoms with Crippen molar-refractivity contribution in [3.05, 3.63) is 0 Å². The molecule has 0 atom stereocenters. The van der Waals surface area contributed by atoms with Crippen molar-refractivity contribution in [2.45, 2.75) is 13.3 Å². The lowest BCUT2D eigenvalue weighted by atomic mass is 10.2. The van der Waals surface area contributed by atoms with Crippen LogP contribution >= 0.6 is 0 Å². The minimum absolute atomic E-state index is 0.204. The molecule has 0 radical (unpaired) electrons. The normalized spacial score (nSPS) is 16.5. The summed E-state index contributed by atoms with van der Waals surface area (Å²) in [6.45, 7) is 2.95. The molecule has 13 heavy (non-hydrogen) atoms. The van der Waals surface area contributed by atoms with Gasteiger partial charge in [0.1, 0.15) is 0 Å². The molecule has 0 aromatic carbocycles. The van der Waals surface area contributed by atoms with Crippen LogP contribution in [-0.2, 0) is 14.5 Å². The molecule has 1 saturated heterocycles. The van der Waals surface area contributed by atoms with Crippen molar-refractivity contribution in [1.82, 2.24) is 9.62 Å². The first-order valence-corrected chi connectivity index (χ1v) is 5.44. The van der Waals surface area contributed by atoms with Gasteiger partial charge >= 0.3 is 16.4 Å². The number of hydrogen-bond acceptors (Lipinski definition) is 4. The number of amides is 1. The largest absolute Gasteiger partial charge is 0.426 e. The maximum Gasteiger partial charge on any atom is 0.426 e. The van der Waals surface area contributed by atoms with Crippen LogP contribution in [-0.4, -0.2) is 39.0 Å². The Morgan fingerprint density at radius 3 is 2.54 bits per heavy atom. The molecule has 0 aromatic rings. The van der Waals surface area contributed by atoms with E-state index in [1.807, 2.05) is 0 Å². The quantitative estimate of drug-likeness (QED) is 0.689. The van der Waals surface area contributed by atoms with Crippen LogP contribution < -0.4 is 4.72 Å². The minimum Gasteiger partial charge on any atom is -0.316 e. The molecule has 7 heteroatoms. The van der Waals surface area contributed by atoms with Crippen LogP contribution in [0.5, 0.6) is 0 Å². The molecule has 1 fully saturated rings. The monoisotopic (exact) mass is 208 g/mol. The van der Waals surface area contributed by atoms with E-state index in [2.05, 4.69) is 8.91 Å². The molecular weight excluding hydrogens is 196 g/mol. The zero-order chi connectivity index (χ0) is 9.90. The third-order valence-electron chi connectivity index (χ3n) is 1.62. The molecule has 0 spiro atoms. The summed E-state index contributed by atoms with van der Waals surface area (Å²) in [4.78, 5) is 12.3. The Kier molecular flexibility index (Phi) is 3.10. The summed E-state index contributed by atoms with van der Waals surface area (Å²) in [6, 6.07) is 0. The van der Waals surface area contributed by atoms with Gasteiger partial charge in [0.2, 0.25) is 0 Å². The first-order chi connectivity index (χ1) is 6.05. The van der Waals surface area contributed by atoms with E-state index in [9.17, 15) is 13.2 Å². The zero-order valence-corrected chi connectivity index (χ0v) is 8.13. The second-order valence-electron chi connectivity index (χ2n) is 2.64. The Morgan fingerprint density at radius 2 is 2.15 bits per heavy atom. The molecule has 0 aromatic heterocycles. The van der Waals surface area contributed by atoms with Crippen molar-refractivity contribution in [3.63, 3.8) is 0 Å². The van der Waals surface area contributed by atoms with Crippen molar-refractivity contribution < 1.29 is 17.4 Å². The van der Waals surface area contributed by atoms with Crippen LogP contribution in [0.15, 0.2) is 0 Å². The van der Waals surface area contributed by atoms with Crippen LogP contribution in [0.1, 0.15) is 13.3 Å². The second kappa shape index (κ2) is 3.93. The predicted molar refractivity (Wildman–Crippen MR) is 45.3 cm³/mol. The zero-order valence-electron chi connectivity index (χ0n) is 7.32. The van der Waals surface area contributed by atoms with E-state index in [1.165, 1.54) is 4.90 Å². The van der Waals surface area contributed by atoms with Crippen LogP contribution in [0.2, 0.25) is 0 Å². The lowest BCUT2D eigenvalue weighted by Crippen LogP contribution is -2.44. The fourth-order valence-corrected chi connectivity index (χ4v) is 1.56. The number of hydrogen-bond donors (Lipinski definition) is 1. The highest BCUT2D eigenvalue weighted by Gasteiger charge is 2.26. The van der Waals surface area contributed by atoms with Crippen LogP contribution in [0.25, 0.3) is 0 Å². The molecule has 1 rings (SSSR count). The number of nitrogens with one attached hydrogen (secondary N) is 1. The molecule has 1 aliphatic heterocycles. The standard InChI is InChI=1S/C6H12N2O4S/c1-2-7-13(10,11)12-6(9)8-4-3-5-8/h7H,2-5H2,1H3. The van der Waals surface area contributed by atoms with Crippen LogP contribution in [0.3, 0.4) is 0 Å². The van der Waals surface area contributed by atoms with Crippen molar-refractivity contribution in [3.8, 4) is 0 Å². The summed E-state index contributed by atoms with van der Waals surface area (Å²) in [5.41, 5.74) is 0. The smallest absolute Gasteiger partial charge is 0.316 e. The van der Waals surface area contributed by atoms with E-state index < -0.39 is 16.4 Å². The van der Waals surface area contributed by atoms with Gasteiger partial charge in [0, 0.05) is 19.6 Å². The van der Waals surface area contributed by atoms with E-state index in [-0.39, 0.29) is 6.54 Å². The lowest BCUT2D eigenvalue weighted by Gasteiger charge is -2.29. The van der Waals surface area contributed by atoms with Crippen molar-refractivity contribution in [2.75, 3.05) is 19.6 Å². The average Bonchev–Trinajstić information content (AvgIpc) is 1.79. The number of carbonyl (C=O) groups excluding carboxylic acids is 1. The SMILES string of the molecule is CCNS(=O)(=O)OC(=O)N1CCC1. The number of likely N-dealkylation sites (tertiary alicyclic amines) is 1. The van der Waals surface area contributed by atoms with Gasteiger partial charge in [0.05, 0.1) is 0 Å². The maximum atomic E-state index is 11.0. The van der Waals surface area contributed by atoms with Crippen LogP contribution in [0, 0.1) is 0 Å². The Morgan fingerprint density at radius 1 is 1.54 bits per heavy atom. The molecule has 1 aliphatic rings. The van der Waals surface area contributed by atoms with E-state index in [0.29, 0.717) is 13.1 Å². The second-order valence-corrected chi connectivity index (χ2v) is 4.01. The first-order valence-electron chi connectivity index (χ1n) is 4.03. The van der Waals surface area contributed by atoms with Crippen LogP contribution in [0.4, 0.5) is 4.79 Å². The van der Waals surface area contributed by atoms with Gasteiger partial charge in [-0.3, -0.25) is 0 Å². The topological polar surface area (TPSA) is 75.7 Å². The number of rotatable bonds is 3. The highest BCUT2D eigenvalue weighted by atomic mass is 32.2. The maximum absolute atomic E-state index is 11.0. The van der Waals surface area contributed by atoms with Gasteiger partial charge in [-0.05, 0) is 6.42 Å². The van der Waals surface area contributed by atoms with Crippen molar-refractivity contribution in [2.24, 2.45) is 0 Å².